The van der Waals surface area contributed by atoms with Gasteiger partial charge in [-0.2, -0.15) is 0 Å². The van der Waals surface area contributed by atoms with Crippen LogP contribution in [0.4, 0.5) is 10.1 Å². The van der Waals surface area contributed by atoms with E-state index in [1.165, 1.54) is 24.3 Å². The third-order valence-corrected chi connectivity index (χ3v) is 4.94. The van der Waals surface area contributed by atoms with Crippen molar-refractivity contribution in [1.29, 1.82) is 0 Å². The van der Waals surface area contributed by atoms with Gasteiger partial charge in [-0.15, -0.1) is 12.4 Å². The molecule has 0 aromatic heterocycles. The number of benzene rings is 2. The lowest BCUT2D eigenvalue weighted by atomic mass is 10.2. The minimum Gasteiger partial charge on any atom is -0.493 e. The van der Waals surface area contributed by atoms with Crippen LogP contribution < -0.4 is 20.5 Å². The van der Waals surface area contributed by atoms with Crippen LogP contribution in [0.1, 0.15) is 12.8 Å². The highest BCUT2D eigenvalue weighted by Gasteiger charge is 2.14. The third-order valence-electron chi connectivity index (χ3n) is 3.48. The summed E-state index contributed by atoms with van der Waals surface area (Å²) in [6, 6.07) is 11.7. The van der Waals surface area contributed by atoms with Crippen molar-refractivity contribution >= 4 is 34.0 Å². The van der Waals surface area contributed by atoms with Crippen molar-refractivity contribution in [3.05, 3.63) is 54.3 Å². The Hall–Kier alpha value is -2.20. The first-order valence-electron chi connectivity index (χ1n) is 8.39. The molecule has 2 aromatic rings. The predicted octanol–water partition coefficient (Wildman–Crippen LogP) is 2.28. The molecule has 0 aliphatic heterocycles. The van der Waals surface area contributed by atoms with E-state index in [1.54, 1.807) is 24.3 Å². The number of anilines is 1. The first kappa shape index (κ1) is 23.8. The van der Waals surface area contributed by atoms with Gasteiger partial charge in [0.2, 0.25) is 15.9 Å². The van der Waals surface area contributed by atoms with Gasteiger partial charge >= 0.3 is 0 Å². The van der Waals surface area contributed by atoms with Crippen molar-refractivity contribution in [1.82, 2.24) is 4.72 Å². The van der Waals surface area contributed by atoms with E-state index in [0.29, 0.717) is 17.9 Å². The monoisotopic (exact) mass is 431 g/mol. The van der Waals surface area contributed by atoms with Crippen molar-refractivity contribution in [2.45, 2.75) is 17.7 Å². The van der Waals surface area contributed by atoms with E-state index in [2.05, 4.69) is 10.0 Å². The Morgan fingerprint density at radius 1 is 1.14 bits per heavy atom. The number of hydrogen-bond acceptors (Lipinski definition) is 5. The summed E-state index contributed by atoms with van der Waals surface area (Å²) in [5.41, 5.74) is 5.68. The van der Waals surface area contributed by atoms with E-state index in [4.69, 9.17) is 10.5 Å². The number of nitrogens with two attached hydrogens (primary N) is 1. The van der Waals surface area contributed by atoms with Gasteiger partial charge in [-0.3, -0.25) is 4.79 Å². The predicted molar refractivity (Wildman–Crippen MR) is 108 cm³/mol. The standard InChI is InChI=1S/C18H22FN3O4S.ClH/c19-14-4-1-6-16(12-14)26-11-3-8-18(23)22-15-5-2-7-17(13-15)27(24,25)21-10-9-20;/h1-2,4-7,12-13,21H,3,8-11,20H2,(H,22,23);1H. The zero-order chi connectivity index (χ0) is 19.7. The first-order valence-corrected chi connectivity index (χ1v) is 9.87. The summed E-state index contributed by atoms with van der Waals surface area (Å²) < 4.78 is 44.9. The summed E-state index contributed by atoms with van der Waals surface area (Å²) in [7, 11) is -3.67. The van der Waals surface area contributed by atoms with Gasteiger partial charge in [0.05, 0.1) is 11.5 Å². The Balaban J connectivity index is 0.00000392. The highest BCUT2D eigenvalue weighted by molar-refractivity contribution is 7.89. The molecule has 0 radical (unpaired) electrons. The second kappa shape index (κ2) is 11.6. The highest BCUT2D eigenvalue weighted by Crippen LogP contribution is 2.16. The van der Waals surface area contributed by atoms with Crippen LogP contribution in [0.25, 0.3) is 0 Å². The Labute approximate surface area is 169 Å². The van der Waals surface area contributed by atoms with Crippen molar-refractivity contribution in [3.63, 3.8) is 0 Å². The number of carbonyl (C=O) groups is 1. The number of hydrogen-bond donors (Lipinski definition) is 3. The van der Waals surface area contributed by atoms with Crippen molar-refractivity contribution in [2.24, 2.45) is 5.73 Å². The van der Waals surface area contributed by atoms with E-state index >= 15 is 0 Å². The SMILES string of the molecule is Cl.NCCNS(=O)(=O)c1cccc(NC(=O)CCCOc2cccc(F)c2)c1. The smallest absolute Gasteiger partial charge is 0.240 e. The van der Waals surface area contributed by atoms with Gasteiger partial charge in [-0.25, -0.2) is 17.5 Å². The molecular weight excluding hydrogens is 409 g/mol. The van der Waals surface area contributed by atoms with E-state index in [1.807, 2.05) is 0 Å². The molecule has 0 atom stereocenters. The number of ether oxygens (including phenoxy) is 1. The lowest BCUT2D eigenvalue weighted by Gasteiger charge is -2.09. The van der Waals surface area contributed by atoms with Gasteiger partial charge in [-0.1, -0.05) is 12.1 Å². The van der Waals surface area contributed by atoms with Gasteiger partial charge in [-0.05, 0) is 36.8 Å². The molecule has 0 aliphatic carbocycles. The molecule has 1 amide bonds. The van der Waals surface area contributed by atoms with E-state index in [0.717, 1.165) is 0 Å². The van der Waals surface area contributed by atoms with Crippen LogP contribution in [0.3, 0.4) is 0 Å². The maximum Gasteiger partial charge on any atom is 0.240 e. The van der Waals surface area contributed by atoms with Crippen LogP contribution in [0.15, 0.2) is 53.4 Å². The van der Waals surface area contributed by atoms with Gasteiger partial charge in [0.15, 0.2) is 0 Å². The molecule has 0 aliphatic rings. The zero-order valence-electron chi connectivity index (χ0n) is 15.1. The molecule has 28 heavy (non-hydrogen) atoms. The summed E-state index contributed by atoms with van der Waals surface area (Å²) in [6.45, 7) is 0.575. The molecule has 0 spiro atoms. The van der Waals surface area contributed by atoms with Crippen LogP contribution in [-0.2, 0) is 14.8 Å². The summed E-state index contributed by atoms with van der Waals surface area (Å²) in [6.07, 6.45) is 0.607. The molecule has 0 saturated carbocycles. The van der Waals surface area contributed by atoms with Crippen LogP contribution in [-0.4, -0.2) is 34.0 Å². The maximum atomic E-state index is 13.0. The maximum absolute atomic E-state index is 13.0. The number of halogens is 2. The fraction of sp³-hybridized carbons (Fsp3) is 0.278. The van der Waals surface area contributed by atoms with Gasteiger partial charge in [0.1, 0.15) is 11.6 Å². The van der Waals surface area contributed by atoms with Crippen LogP contribution >= 0.6 is 12.4 Å². The Kier molecular flexibility index (Phi) is 9.88. The van der Waals surface area contributed by atoms with E-state index in [9.17, 15) is 17.6 Å². The average molecular weight is 432 g/mol. The fourth-order valence-corrected chi connectivity index (χ4v) is 3.31. The molecule has 0 bridgehead atoms. The lowest BCUT2D eigenvalue weighted by molar-refractivity contribution is -0.116. The number of rotatable bonds is 10. The molecule has 0 saturated heterocycles. The minimum atomic E-state index is -3.67. The van der Waals surface area contributed by atoms with Crippen LogP contribution in [0.5, 0.6) is 5.75 Å². The molecule has 2 rings (SSSR count). The zero-order valence-corrected chi connectivity index (χ0v) is 16.7. The molecule has 4 N–H and O–H groups in total. The number of sulfonamides is 1. The first-order chi connectivity index (χ1) is 12.9. The lowest BCUT2D eigenvalue weighted by Crippen LogP contribution is -2.29. The molecule has 0 unspecified atom stereocenters. The Bertz CT molecular complexity index is 881. The number of carbonyl (C=O) groups excluding carboxylic acids is 1. The number of nitrogens with one attached hydrogen (secondary N) is 2. The summed E-state index contributed by atoms with van der Waals surface area (Å²) in [5, 5.41) is 2.65. The van der Waals surface area contributed by atoms with E-state index in [-0.39, 0.29) is 55.1 Å². The second-order valence-electron chi connectivity index (χ2n) is 5.67. The van der Waals surface area contributed by atoms with Crippen LogP contribution in [0, 0.1) is 5.82 Å². The largest absolute Gasteiger partial charge is 0.493 e. The topological polar surface area (TPSA) is 111 Å². The van der Waals surface area contributed by atoms with Gasteiger partial charge in [0.25, 0.3) is 0 Å². The van der Waals surface area contributed by atoms with Crippen LogP contribution in [0.2, 0.25) is 0 Å². The van der Waals surface area contributed by atoms with Gasteiger partial charge < -0.3 is 15.8 Å². The Morgan fingerprint density at radius 3 is 2.61 bits per heavy atom. The molecule has 7 nitrogen and oxygen atoms in total. The highest BCUT2D eigenvalue weighted by atomic mass is 35.5. The van der Waals surface area contributed by atoms with Crippen molar-refractivity contribution in [3.8, 4) is 5.75 Å². The summed E-state index contributed by atoms with van der Waals surface area (Å²) in [5.74, 6) is -0.262. The number of amides is 1. The Morgan fingerprint density at radius 2 is 1.89 bits per heavy atom. The molecule has 0 heterocycles. The van der Waals surface area contributed by atoms with E-state index < -0.39 is 10.0 Å². The minimum absolute atomic E-state index is 0. The average Bonchev–Trinajstić information content (AvgIpc) is 2.64. The normalized spacial score (nSPS) is 10.8. The molecule has 2 aromatic carbocycles. The summed E-state index contributed by atoms with van der Waals surface area (Å²) >= 11 is 0. The summed E-state index contributed by atoms with van der Waals surface area (Å²) in [4.78, 5) is 12.0. The molecule has 10 heteroatoms. The fourth-order valence-electron chi connectivity index (χ4n) is 2.22. The van der Waals surface area contributed by atoms with Gasteiger partial charge in [0, 0.05) is 31.3 Å². The third kappa shape index (κ3) is 7.81. The molecular formula is C18H23ClFN3O4S. The van der Waals surface area contributed by atoms with Crippen molar-refractivity contribution in [2.75, 3.05) is 25.0 Å². The second-order valence-corrected chi connectivity index (χ2v) is 7.44. The molecule has 154 valence electrons. The molecule has 0 fully saturated rings. The quantitative estimate of drug-likeness (QED) is 0.500. The van der Waals surface area contributed by atoms with Crippen molar-refractivity contribution < 1.29 is 22.3 Å².